The molecule has 19 heavy (non-hydrogen) atoms. The van der Waals surface area contributed by atoms with Crippen LogP contribution in [-0.2, 0) is 0 Å². The molecule has 0 aliphatic carbocycles. The Morgan fingerprint density at radius 1 is 1.42 bits per heavy atom. The third-order valence-electron chi connectivity index (χ3n) is 2.45. The van der Waals surface area contributed by atoms with Crippen LogP contribution in [0.1, 0.15) is 10.6 Å². The van der Waals surface area contributed by atoms with E-state index in [-0.39, 0.29) is 0 Å². The Hall–Kier alpha value is -2.32. The third-order valence-corrected chi connectivity index (χ3v) is 3.23. The average molecular weight is 269 g/mol. The number of ether oxygens (including phenoxy) is 1. The standard InChI is InChI=1S/C14H11N3OS/c1-11-10-13-15-14(6-7-17(13)16-11)18-8-2-4-12-5-3-9-19-12/h3,5-7,9-10H,8H2,1H3. The van der Waals surface area contributed by atoms with Crippen molar-refractivity contribution in [3.05, 3.63) is 46.4 Å². The Morgan fingerprint density at radius 2 is 2.37 bits per heavy atom. The molecule has 0 bridgehead atoms. The van der Waals surface area contributed by atoms with Crippen LogP contribution in [-0.4, -0.2) is 21.2 Å². The summed E-state index contributed by atoms with van der Waals surface area (Å²) in [6.45, 7) is 2.26. The van der Waals surface area contributed by atoms with Crippen molar-refractivity contribution in [2.45, 2.75) is 6.92 Å². The molecule has 0 unspecified atom stereocenters. The van der Waals surface area contributed by atoms with E-state index < -0.39 is 0 Å². The van der Waals surface area contributed by atoms with Gasteiger partial charge < -0.3 is 4.74 Å². The van der Waals surface area contributed by atoms with Gasteiger partial charge in [-0.25, -0.2) is 4.52 Å². The van der Waals surface area contributed by atoms with Gasteiger partial charge in [-0.3, -0.25) is 0 Å². The molecule has 0 aliphatic heterocycles. The van der Waals surface area contributed by atoms with Crippen molar-refractivity contribution >= 4 is 17.0 Å². The van der Waals surface area contributed by atoms with Crippen molar-refractivity contribution in [1.82, 2.24) is 14.6 Å². The molecule has 0 spiro atoms. The van der Waals surface area contributed by atoms with Gasteiger partial charge in [-0.05, 0) is 18.4 Å². The minimum atomic E-state index is 0.328. The van der Waals surface area contributed by atoms with Gasteiger partial charge in [0.05, 0.1) is 10.6 Å². The van der Waals surface area contributed by atoms with Gasteiger partial charge in [0.15, 0.2) is 12.3 Å². The van der Waals surface area contributed by atoms with E-state index in [2.05, 4.69) is 21.9 Å². The lowest BCUT2D eigenvalue weighted by Crippen LogP contribution is -1.98. The highest BCUT2D eigenvalue weighted by molar-refractivity contribution is 7.10. The Balaban J connectivity index is 1.68. The fourth-order valence-electron chi connectivity index (χ4n) is 1.64. The summed E-state index contributed by atoms with van der Waals surface area (Å²) in [5, 5.41) is 6.26. The Morgan fingerprint density at radius 3 is 3.21 bits per heavy atom. The van der Waals surface area contributed by atoms with Gasteiger partial charge in [-0.1, -0.05) is 17.9 Å². The zero-order valence-electron chi connectivity index (χ0n) is 10.3. The zero-order chi connectivity index (χ0) is 13.1. The van der Waals surface area contributed by atoms with Crippen molar-refractivity contribution in [1.29, 1.82) is 0 Å². The summed E-state index contributed by atoms with van der Waals surface area (Å²) in [4.78, 5) is 5.38. The first-order valence-corrected chi connectivity index (χ1v) is 6.67. The maximum atomic E-state index is 5.50. The lowest BCUT2D eigenvalue weighted by atomic mass is 10.4. The number of hydrogen-bond donors (Lipinski definition) is 0. The van der Waals surface area contributed by atoms with E-state index in [9.17, 15) is 0 Å². The molecule has 94 valence electrons. The second-order valence-electron chi connectivity index (χ2n) is 3.92. The summed E-state index contributed by atoms with van der Waals surface area (Å²) in [6.07, 6.45) is 1.83. The highest BCUT2D eigenvalue weighted by atomic mass is 32.1. The molecule has 0 radical (unpaired) electrons. The fraction of sp³-hybridized carbons (Fsp3) is 0.143. The first-order chi connectivity index (χ1) is 9.31. The molecule has 5 heteroatoms. The van der Waals surface area contributed by atoms with Crippen molar-refractivity contribution in [2.75, 3.05) is 6.61 Å². The molecular weight excluding hydrogens is 258 g/mol. The van der Waals surface area contributed by atoms with Crippen LogP contribution in [0.3, 0.4) is 0 Å². The Labute approximate surface area is 114 Å². The molecule has 0 saturated carbocycles. The second kappa shape index (κ2) is 5.12. The lowest BCUT2D eigenvalue weighted by Gasteiger charge is -2.00. The van der Waals surface area contributed by atoms with Gasteiger partial charge in [0.2, 0.25) is 5.88 Å². The number of hydrogen-bond acceptors (Lipinski definition) is 4. The zero-order valence-corrected chi connectivity index (χ0v) is 11.1. The summed E-state index contributed by atoms with van der Waals surface area (Å²) < 4.78 is 7.22. The van der Waals surface area contributed by atoms with E-state index in [4.69, 9.17) is 4.74 Å². The molecule has 0 atom stereocenters. The van der Waals surface area contributed by atoms with E-state index in [1.165, 1.54) is 0 Å². The number of aromatic nitrogens is 3. The van der Waals surface area contributed by atoms with Gasteiger partial charge >= 0.3 is 0 Å². The van der Waals surface area contributed by atoms with Crippen LogP contribution in [0, 0.1) is 18.8 Å². The first kappa shape index (κ1) is 11.8. The summed E-state index contributed by atoms with van der Waals surface area (Å²) >= 11 is 1.62. The molecule has 3 aromatic heterocycles. The van der Waals surface area contributed by atoms with E-state index in [0.717, 1.165) is 16.2 Å². The highest BCUT2D eigenvalue weighted by Gasteiger charge is 2.00. The van der Waals surface area contributed by atoms with Crippen LogP contribution in [0.15, 0.2) is 35.8 Å². The molecule has 0 amide bonds. The molecule has 3 heterocycles. The fourth-order valence-corrected chi connectivity index (χ4v) is 2.24. The van der Waals surface area contributed by atoms with Crippen LogP contribution in [0.5, 0.6) is 5.88 Å². The Kier molecular flexibility index (Phi) is 3.17. The molecular formula is C14H11N3OS. The van der Waals surface area contributed by atoms with Crippen LogP contribution >= 0.6 is 11.3 Å². The Bertz CT molecular complexity index is 750. The number of thiophene rings is 1. The van der Waals surface area contributed by atoms with Gasteiger partial charge in [-0.15, -0.1) is 11.3 Å². The predicted molar refractivity (Wildman–Crippen MR) is 74.4 cm³/mol. The molecule has 3 aromatic rings. The quantitative estimate of drug-likeness (QED) is 0.671. The van der Waals surface area contributed by atoms with E-state index in [1.807, 2.05) is 36.7 Å². The van der Waals surface area contributed by atoms with Crippen molar-refractivity contribution in [2.24, 2.45) is 0 Å². The van der Waals surface area contributed by atoms with Crippen molar-refractivity contribution in [3.8, 4) is 17.7 Å². The first-order valence-electron chi connectivity index (χ1n) is 5.79. The molecule has 0 N–H and O–H groups in total. The largest absolute Gasteiger partial charge is 0.464 e. The highest BCUT2D eigenvalue weighted by Crippen LogP contribution is 2.10. The summed E-state index contributed by atoms with van der Waals surface area (Å²) in [5.74, 6) is 6.56. The van der Waals surface area contributed by atoms with Crippen molar-refractivity contribution < 1.29 is 4.74 Å². The number of fused-ring (bicyclic) bond motifs is 1. The SMILES string of the molecule is Cc1cc2nc(OCC#Cc3cccs3)ccn2n1. The normalized spacial score (nSPS) is 10.2. The smallest absolute Gasteiger partial charge is 0.217 e. The van der Waals surface area contributed by atoms with Crippen molar-refractivity contribution in [3.63, 3.8) is 0 Å². The van der Waals surface area contributed by atoms with Gasteiger partial charge in [0.25, 0.3) is 0 Å². The predicted octanol–water partition coefficient (Wildman–Crippen LogP) is 2.53. The minimum Gasteiger partial charge on any atom is -0.464 e. The van der Waals surface area contributed by atoms with Crippen LogP contribution in [0.2, 0.25) is 0 Å². The van der Waals surface area contributed by atoms with Crippen LogP contribution in [0.25, 0.3) is 5.65 Å². The van der Waals surface area contributed by atoms with Gasteiger partial charge in [0.1, 0.15) is 0 Å². The molecule has 3 rings (SSSR count). The van der Waals surface area contributed by atoms with Crippen LogP contribution in [0.4, 0.5) is 0 Å². The maximum absolute atomic E-state index is 5.50. The second-order valence-corrected chi connectivity index (χ2v) is 4.87. The third kappa shape index (κ3) is 2.75. The average Bonchev–Trinajstić information content (AvgIpc) is 3.02. The van der Waals surface area contributed by atoms with Gasteiger partial charge in [-0.2, -0.15) is 10.1 Å². The van der Waals surface area contributed by atoms with E-state index >= 15 is 0 Å². The number of nitrogens with zero attached hydrogens (tertiary/aromatic N) is 3. The molecule has 0 aromatic carbocycles. The lowest BCUT2D eigenvalue weighted by molar-refractivity contribution is 0.355. The number of rotatable bonds is 2. The minimum absolute atomic E-state index is 0.328. The summed E-state index contributed by atoms with van der Waals surface area (Å²) in [7, 11) is 0. The van der Waals surface area contributed by atoms with E-state index in [0.29, 0.717) is 12.5 Å². The topological polar surface area (TPSA) is 39.4 Å². The molecule has 4 nitrogen and oxygen atoms in total. The number of aryl methyl sites for hydroxylation is 1. The van der Waals surface area contributed by atoms with Gasteiger partial charge in [0, 0.05) is 18.3 Å². The summed E-state index contributed by atoms with van der Waals surface area (Å²) in [5.41, 5.74) is 1.71. The van der Waals surface area contributed by atoms with E-state index in [1.54, 1.807) is 21.9 Å². The molecule has 0 saturated heterocycles. The molecule has 0 fully saturated rings. The maximum Gasteiger partial charge on any atom is 0.217 e. The monoisotopic (exact) mass is 269 g/mol. The summed E-state index contributed by atoms with van der Waals surface area (Å²) in [6, 6.07) is 7.65. The van der Waals surface area contributed by atoms with Crippen LogP contribution < -0.4 is 4.74 Å². The molecule has 0 aliphatic rings.